The van der Waals surface area contributed by atoms with Gasteiger partial charge < -0.3 is 15.1 Å². The van der Waals surface area contributed by atoms with E-state index in [0.29, 0.717) is 17.3 Å². The van der Waals surface area contributed by atoms with E-state index in [4.69, 9.17) is 9.90 Å². The minimum atomic E-state index is -5.08. The highest BCUT2D eigenvalue weighted by Crippen LogP contribution is 2.32. The lowest BCUT2D eigenvalue weighted by molar-refractivity contribution is -0.192. The molecule has 0 aromatic heterocycles. The van der Waals surface area contributed by atoms with Crippen LogP contribution in [0, 0.1) is 19.8 Å². The second-order valence-electron chi connectivity index (χ2n) is 8.44. The highest BCUT2D eigenvalue weighted by molar-refractivity contribution is 7.92. The SMILES string of the molecule is Cc1cc(C)cc(S(=O)(=O)Nc2cc(C(=O)O)ccc2N2CCC(C)CC2)c1.O=C(O)C(F)(F)F. The van der Waals surface area contributed by atoms with E-state index in [0.717, 1.165) is 37.1 Å². The largest absolute Gasteiger partial charge is 0.490 e. The Morgan fingerprint density at radius 1 is 1.00 bits per heavy atom. The Hall–Kier alpha value is -3.28. The van der Waals surface area contributed by atoms with E-state index in [1.54, 1.807) is 18.2 Å². The van der Waals surface area contributed by atoms with Crippen molar-refractivity contribution < 1.29 is 41.4 Å². The van der Waals surface area contributed by atoms with Crippen molar-refractivity contribution in [1.29, 1.82) is 0 Å². The summed E-state index contributed by atoms with van der Waals surface area (Å²) in [5.74, 6) is -3.22. The van der Waals surface area contributed by atoms with E-state index in [-0.39, 0.29) is 10.5 Å². The van der Waals surface area contributed by atoms with Gasteiger partial charge in [0, 0.05) is 13.1 Å². The summed E-state index contributed by atoms with van der Waals surface area (Å²) in [6, 6.07) is 9.74. The van der Waals surface area contributed by atoms with Crippen LogP contribution in [0.4, 0.5) is 24.5 Å². The number of hydrogen-bond acceptors (Lipinski definition) is 5. The van der Waals surface area contributed by atoms with Crippen molar-refractivity contribution in [2.75, 3.05) is 22.7 Å². The summed E-state index contributed by atoms with van der Waals surface area (Å²) in [5, 5.41) is 16.5. The maximum absolute atomic E-state index is 13.0. The topological polar surface area (TPSA) is 124 Å². The van der Waals surface area contributed by atoms with E-state index >= 15 is 0 Å². The third-order valence-corrected chi connectivity index (χ3v) is 6.71. The highest BCUT2D eigenvalue weighted by atomic mass is 32.2. The minimum Gasteiger partial charge on any atom is -0.478 e. The molecule has 0 saturated carbocycles. The van der Waals surface area contributed by atoms with Crippen LogP contribution >= 0.6 is 0 Å². The molecule has 1 fully saturated rings. The van der Waals surface area contributed by atoms with Crippen LogP contribution in [0.3, 0.4) is 0 Å². The summed E-state index contributed by atoms with van der Waals surface area (Å²) in [4.78, 5) is 22.6. The number of hydrogen-bond donors (Lipinski definition) is 3. The molecule has 0 aliphatic carbocycles. The second-order valence-corrected chi connectivity index (χ2v) is 10.1. The first kappa shape index (κ1) is 28.0. The van der Waals surface area contributed by atoms with Crippen LogP contribution in [0.5, 0.6) is 0 Å². The van der Waals surface area contributed by atoms with Crippen LogP contribution in [-0.4, -0.2) is 49.8 Å². The number of piperidine rings is 1. The van der Waals surface area contributed by atoms with Gasteiger partial charge in [-0.25, -0.2) is 18.0 Å². The Bertz CT molecular complexity index is 1170. The number of rotatable bonds is 5. The molecule has 192 valence electrons. The van der Waals surface area contributed by atoms with Crippen LogP contribution < -0.4 is 9.62 Å². The molecule has 0 spiro atoms. The normalized spacial score (nSPS) is 14.6. The molecular weight excluding hydrogens is 489 g/mol. The molecule has 1 saturated heterocycles. The number of benzene rings is 2. The molecule has 8 nitrogen and oxygen atoms in total. The smallest absolute Gasteiger partial charge is 0.478 e. The molecule has 1 aliphatic heterocycles. The van der Waals surface area contributed by atoms with Gasteiger partial charge in [-0.3, -0.25) is 4.72 Å². The number of carboxylic acids is 2. The zero-order chi connectivity index (χ0) is 26.6. The molecule has 2 aromatic rings. The molecule has 0 radical (unpaired) electrons. The lowest BCUT2D eigenvalue weighted by Gasteiger charge is -2.33. The molecule has 0 unspecified atom stereocenters. The van der Waals surface area contributed by atoms with Gasteiger partial charge in [-0.15, -0.1) is 0 Å². The monoisotopic (exact) mass is 516 g/mol. The number of carbonyl (C=O) groups is 2. The Labute approximate surface area is 201 Å². The summed E-state index contributed by atoms with van der Waals surface area (Å²) < 4.78 is 60.4. The van der Waals surface area contributed by atoms with Crippen LogP contribution in [-0.2, 0) is 14.8 Å². The number of aromatic carboxylic acids is 1. The molecule has 35 heavy (non-hydrogen) atoms. The first-order valence-electron chi connectivity index (χ1n) is 10.6. The van der Waals surface area contributed by atoms with Gasteiger partial charge in [-0.05, 0) is 74.1 Å². The van der Waals surface area contributed by atoms with Gasteiger partial charge >= 0.3 is 18.1 Å². The summed E-state index contributed by atoms with van der Waals surface area (Å²) in [5.41, 5.74) is 2.76. The lowest BCUT2D eigenvalue weighted by Crippen LogP contribution is -2.33. The number of nitrogens with one attached hydrogen (secondary N) is 1. The first-order chi connectivity index (χ1) is 16.1. The van der Waals surface area contributed by atoms with Gasteiger partial charge in [-0.2, -0.15) is 13.2 Å². The second kappa shape index (κ2) is 11.0. The first-order valence-corrected chi connectivity index (χ1v) is 12.1. The Kier molecular flexibility index (Phi) is 8.77. The van der Waals surface area contributed by atoms with E-state index in [1.165, 1.54) is 12.1 Å². The fourth-order valence-corrected chi connectivity index (χ4v) is 4.82. The van der Waals surface area contributed by atoms with E-state index < -0.39 is 28.1 Å². The highest BCUT2D eigenvalue weighted by Gasteiger charge is 2.38. The number of aliphatic carboxylic acids is 1. The molecule has 1 aliphatic rings. The molecule has 3 N–H and O–H groups in total. The van der Waals surface area contributed by atoms with Crippen molar-refractivity contribution in [3.8, 4) is 0 Å². The third kappa shape index (κ3) is 7.88. The Balaban J connectivity index is 0.000000540. The average Bonchev–Trinajstić information content (AvgIpc) is 2.73. The fraction of sp³-hybridized carbons (Fsp3) is 0.391. The van der Waals surface area contributed by atoms with Crippen molar-refractivity contribution in [3.05, 3.63) is 53.1 Å². The predicted molar refractivity (Wildman–Crippen MR) is 124 cm³/mol. The van der Waals surface area contributed by atoms with Crippen molar-refractivity contribution in [1.82, 2.24) is 0 Å². The summed E-state index contributed by atoms with van der Waals surface area (Å²) in [6.45, 7) is 7.51. The van der Waals surface area contributed by atoms with Crippen LogP contribution in [0.25, 0.3) is 0 Å². The number of nitrogens with zero attached hydrogens (tertiary/aromatic N) is 1. The van der Waals surface area contributed by atoms with E-state index in [9.17, 15) is 31.5 Å². The number of alkyl halides is 3. The summed E-state index contributed by atoms with van der Waals surface area (Å²) >= 11 is 0. The molecule has 0 amide bonds. The van der Waals surface area contributed by atoms with Gasteiger partial charge in [-0.1, -0.05) is 13.0 Å². The number of anilines is 2. The van der Waals surface area contributed by atoms with Crippen molar-refractivity contribution in [2.24, 2.45) is 5.92 Å². The maximum Gasteiger partial charge on any atom is 0.490 e. The zero-order valence-electron chi connectivity index (χ0n) is 19.4. The molecule has 2 aromatic carbocycles. The van der Waals surface area contributed by atoms with Gasteiger partial charge in [0.2, 0.25) is 0 Å². The van der Waals surface area contributed by atoms with Gasteiger partial charge in [0.25, 0.3) is 10.0 Å². The third-order valence-electron chi connectivity index (χ3n) is 5.36. The number of carboxylic acid groups (broad SMARTS) is 2. The van der Waals surface area contributed by atoms with Crippen molar-refractivity contribution >= 4 is 33.3 Å². The predicted octanol–water partition coefficient (Wildman–Crippen LogP) is 4.67. The van der Waals surface area contributed by atoms with Crippen molar-refractivity contribution in [3.63, 3.8) is 0 Å². The fourth-order valence-electron chi connectivity index (χ4n) is 3.57. The minimum absolute atomic E-state index is 0.0484. The lowest BCUT2D eigenvalue weighted by atomic mass is 9.98. The quantitative estimate of drug-likeness (QED) is 0.528. The molecule has 1 heterocycles. The summed E-state index contributed by atoms with van der Waals surface area (Å²) in [7, 11) is -3.84. The van der Waals surface area contributed by atoms with Crippen LogP contribution in [0.1, 0.15) is 41.3 Å². The van der Waals surface area contributed by atoms with Crippen LogP contribution in [0.15, 0.2) is 41.3 Å². The number of aryl methyl sites for hydroxylation is 2. The number of halogens is 3. The summed E-state index contributed by atoms with van der Waals surface area (Å²) in [6.07, 6.45) is -3.05. The van der Waals surface area contributed by atoms with Gasteiger partial charge in [0.1, 0.15) is 0 Å². The van der Waals surface area contributed by atoms with Gasteiger partial charge in [0.15, 0.2) is 0 Å². The molecular formula is C23H27F3N2O6S. The molecule has 12 heteroatoms. The molecule has 3 rings (SSSR count). The standard InChI is InChI=1S/C21H26N2O4S.C2HF3O2/c1-14-6-8-23(9-7-14)20-5-4-17(21(24)25)13-19(20)22-28(26,27)18-11-15(2)10-16(3)12-18;3-2(4,5)1(6)7/h4-5,10-14,22H,6-9H2,1-3H3,(H,24,25);(H,6,7). The maximum atomic E-state index is 13.0. The molecule has 0 atom stereocenters. The average molecular weight is 517 g/mol. The Morgan fingerprint density at radius 3 is 1.97 bits per heavy atom. The van der Waals surface area contributed by atoms with E-state index in [2.05, 4.69) is 16.5 Å². The van der Waals surface area contributed by atoms with Gasteiger partial charge in [0.05, 0.1) is 21.8 Å². The van der Waals surface area contributed by atoms with Crippen molar-refractivity contribution in [2.45, 2.75) is 44.7 Å². The zero-order valence-corrected chi connectivity index (χ0v) is 20.2. The number of sulfonamides is 1. The molecule has 0 bridgehead atoms. The van der Waals surface area contributed by atoms with Crippen LogP contribution in [0.2, 0.25) is 0 Å². The Morgan fingerprint density at radius 2 is 1.51 bits per heavy atom. The van der Waals surface area contributed by atoms with E-state index in [1.807, 2.05) is 19.9 Å².